The highest BCUT2D eigenvalue weighted by Crippen LogP contribution is 2.27. The number of hydrogen-bond acceptors (Lipinski definition) is 3. The third-order valence-electron chi connectivity index (χ3n) is 2.76. The van der Waals surface area contributed by atoms with E-state index in [1.54, 1.807) is 48.0 Å². The van der Waals surface area contributed by atoms with Gasteiger partial charge in [0.15, 0.2) is 0 Å². The van der Waals surface area contributed by atoms with E-state index in [-0.39, 0.29) is 0 Å². The van der Waals surface area contributed by atoms with E-state index in [9.17, 15) is 8.42 Å². The molecule has 0 unspecified atom stereocenters. The molecule has 1 aromatic carbocycles. The minimum Gasteiger partial charge on any atom is -0.249 e. The number of aromatic nitrogens is 1. The molecule has 0 N–H and O–H groups in total. The molecular formula is C13H11NO2S2. The Morgan fingerprint density at radius 1 is 1.11 bits per heavy atom. The average Bonchev–Trinajstić information content (AvgIpc) is 2.95. The molecule has 92 valence electrons. The van der Waals surface area contributed by atoms with Gasteiger partial charge >= 0.3 is 0 Å². The van der Waals surface area contributed by atoms with E-state index in [1.807, 2.05) is 19.1 Å². The molecular weight excluding hydrogens is 266 g/mol. The van der Waals surface area contributed by atoms with Crippen molar-refractivity contribution in [1.82, 2.24) is 3.97 Å². The van der Waals surface area contributed by atoms with Crippen LogP contribution >= 0.6 is 11.3 Å². The van der Waals surface area contributed by atoms with E-state index >= 15 is 0 Å². The normalized spacial score (nSPS) is 12.1. The van der Waals surface area contributed by atoms with Gasteiger partial charge in [0.25, 0.3) is 10.0 Å². The van der Waals surface area contributed by atoms with Crippen LogP contribution in [0.1, 0.15) is 4.88 Å². The van der Waals surface area contributed by atoms with Gasteiger partial charge in [0, 0.05) is 22.0 Å². The van der Waals surface area contributed by atoms with Crippen molar-refractivity contribution in [3.63, 3.8) is 0 Å². The summed E-state index contributed by atoms with van der Waals surface area (Å²) in [7, 11) is -3.46. The van der Waals surface area contributed by atoms with Crippen molar-refractivity contribution < 1.29 is 8.42 Å². The molecule has 3 rings (SSSR count). The number of benzene rings is 1. The summed E-state index contributed by atoms with van der Waals surface area (Å²) in [6, 6.07) is 10.7. The number of thiophene rings is 1. The van der Waals surface area contributed by atoms with E-state index < -0.39 is 10.0 Å². The zero-order valence-electron chi connectivity index (χ0n) is 9.70. The van der Waals surface area contributed by atoms with Gasteiger partial charge in [-0.15, -0.1) is 11.3 Å². The van der Waals surface area contributed by atoms with Gasteiger partial charge in [-0.1, -0.05) is 0 Å². The van der Waals surface area contributed by atoms with Gasteiger partial charge in [-0.2, -0.15) is 0 Å². The van der Waals surface area contributed by atoms with Crippen LogP contribution in [0.4, 0.5) is 0 Å². The molecule has 0 aliphatic carbocycles. The maximum Gasteiger partial charge on any atom is 0.267 e. The van der Waals surface area contributed by atoms with Crippen LogP contribution in [-0.2, 0) is 10.0 Å². The van der Waals surface area contributed by atoms with Gasteiger partial charge in [-0.3, -0.25) is 0 Å². The van der Waals surface area contributed by atoms with E-state index in [0.29, 0.717) is 4.90 Å². The van der Waals surface area contributed by atoms with Crippen LogP contribution in [0.5, 0.6) is 0 Å². The molecule has 3 nitrogen and oxygen atoms in total. The summed E-state index contributed by atoms with van der Waals surface area (Å²) < 4.78 is 27.0. The monoisotopic (exact) mass is 277 g/mol. The Morgan fingerprint density at radius 2 is 1.83 bits per heavy atom. The smallest absolute Gasteiger partial charge is 0.249 e. The maximum atomic E-state index is 12.3. The maximum absolute atomic E-state index is 12.3. The second-order valence-electron chi connectivity index (χ2n) is 4.07. The van der Waals surface area contributed by atoms with Crippen molar-refractivity contribution in [2.75, 3.05) is 0 Å². The molecule has 0 saturated heterocycles. The predicted molar refractivity (Wildman–Crippen MR) is 73.6 cm³/mol. The highest BCUT2D eigenvalue weighted by molar-refractivity contribution is 7.90. The Labute approximate surface area is 109 Å². The lowest BCUT2D eigenvalue weighted by Gasteiger charge is -2.05. The summed E-state index contributed by atoms with van der Waals surface area (Å²) >= 11 is 1.67. The fourth-order valence-corrected chi connectivity index (χ4v) is 4.04. The van der Waals surface area contributed by atoms with Gasteiger partial charge in [-0.25, -0.2) is 12.4 Å². The van der Waals surface area contributed by atoms with Gasteiger partial charge in [0.05, 0.1) is 4.90 Å². The summed E-state index contributed by atoms with van der Waals surface area (Å²) in [4.78, 5) is 1.50. The minimum absolute atomic E-state index is 0.323. The topological polar surface area (TPSA) is 39.1 Å². The predicted octanol–water partition coefficient (Wildman–Crippen LogP) is 3.25. The molecule has 0 spiro atoms. The van der Waals surface area contributed by atoms with E-state index in [2.05, 4.69) is 0 Å². The molecule has 2 aromatic heterocycles. The second-order valence-corrected chi connectivity index (χ2v) is 7.21. The zero-order valence-corrected chi connectivity index (χ0v) is 11.3. The lowest BCUT2D eigenvalue weighted by molar-refractivity contribution is 0.587. The molecule has 3 aromatic rings. The first-order chi connectivity index (χ1) is 8.57. The molecule has 0 atom stereocenters. The molecule has 0 aliphatic rings. The first kappa shape index (κ1) is 11.5. The molecule has 0 fully saturated rings. The van der Waals surface area contributed by atoms with Crippen LogP contribution in [0, 0.1) is 6.92 Å². The Morgan fingerprint density at radius 3 is 2.56 bits per heavy atom. The lowest BCUT2D eigenvalue weighted by atomic mass is 10.2. The molecule has 2 heterocycles. The number of aryl methyl sites for hydroxylation is 1. The zero-order chi connectivity index (χ0) is 12.8. The van der Waals surface area contributed by atoms with Crippen LogP contribution in [0.2, 0.25) is 0 Å². The summed E-state index contributed by atoms with van der Waals surface area (Å²) in [5.41, 5.74) is 0. The second kappa shape index (κ2) is 3.96. The van der Waals surface area contributed by atoms with Gasteiger partial charge in [0.2, 0.25) is 0 Å². The molecule has 0 aliphatic heterocycles. The molecule has 0 saturated carbocycles. The van der Waals surface area contributed by atoms with Crippen LogP contribution in [0.3, 0.4) is 0 Å². The largest absolute Gasteiger partial charge is 0.267 e. The van der Waals surface area contributed by atoms with Crippen LogP contribution in [0.15, 0.2) is 53.7 Å². The van der Waals surface area contributed by atoms with Crippen LogP contribution in [-0.4, -0.2) is 12.4 Å². The summed E-state index contributed by atoms with van der Waals surface area (Å²) in [6.45, 7) is 2.02. The van der Waals surface area contributed by atoms with E-state index in [4.69, 9.17) is 0 Å². The lowest BCUT2D eigenvalue weighted by Crippen LogP contribution is -2.10. The van der Waals surface area contributed by atoms with Crippen LogP contribution < -0.4 is 0 Å². The van der Waals surface area contributed by atoms with E-state index in [1.165, 1.54) is 8.85 Å². The number of fused-ring (bicyclic) bond motifs is 1. The summed E-state index contributed by atoms with van der Waals surface area (Å²) in [5, 5.41) is 0.978. The highest BCUT2D eigenvalue weighted by Gasteiger charge is 2.16. The van der Waals surface area contributed by atoms with Gasteiger partial charge < -0.3 is 0 Å². The molecule has 0 bridgehead atoms. The highest BCUT2D eigenvalue weighted by atomic mass is 32.2. The fraction of sp³-hybridized carbons (Fsp3) is 0.0769. The minimum atomic E-state index is -3.46. The third kappa shape index (κ3) is 1.76. The Hall–Kier alpha value is -1.59. The van der Waals surface area contributed by atoms with Gasteiger partial charge in [0.1, 0.15) is 0 Å². The Bertz CT molecular complexity index is 799. The van der Waals surface area contributed by atoms with Crippen molar-refractivity contribution in [3.05, 3.63) is 53.7 Å². The summed E-state index contributed by atoms with van der Waals surface area (Å²) in [5.74, 6) is 0. The van der Waals surface area contributed by atoms with Crippen molar-refractivity contribution in [3.8, 4) is 0 Å². The first-order valence-electron chi connectivity index (χ1n) is 5.46. The van der Waals surface area contributed by atoms with Crippen molar-refractivity contribution in [1.29, 1.82) is 0 Å². The standard InChI is InChI=1S/C13H11NO2S2/c1-10-8-11-9-12(4-5-13(11)17-10)18(15,16)14-6-2-3-7-14/h2-9H,1H3. The van der Waals surface area contributed by atoms with Crippen molar-refractivity contribution in [2.24, 2.45) is 0 Å². The number of hydrogen-bond donors (Lipinski definition) is 0. The van der Waals surface area contributed by atoms with Crippen molar-refractivity contribution >= 4 is 31.4 Å². The van der Waals surface area contributed by atoms with Gasteiger partial charge in [-0.05, 0) is 48.7 Å². The van der Waals surface area contributed by atoms with E-state index in [0.717, 1.165) is 10.1 Å². The third-order valence-corrected chi connectivity index (χ3v) is 5.44. The molecule has 0 radical (unpaired) electrons. The number of rotatable bonds is 2. The average molecular weight is 277 g/mol. The molecule has 0 amide bonds. The molecule has 5 heteroatoms. The van der Waals surface area contributed by atoms with Crippen LogP contribution in [0.25, 0.3) is 10.1 Å². The Balaban J connectivity index is 2.20. The number of nitrogens with zero attached hydrogens (tertiary/aromatic N) is 1. The fourth-order valence-electron chi connectivity index (χ4n) is 1.92. The molecule has 18 heavy (non-hydrogen) atoms. The Kier molecular flexibility index (Phi) is 2.53. The summed E-state index contributed by atoms with van der Waals surface area (Å²) in [6.07, 6.45) is 3.08. The quantitative estimate of drug-likeness (QED) is 0.721. The van der Waals surface area contributed by atoms with Crippen molar-refractivity contribution in [2.45, 2.75) is 11.8 Å². The SMILES string of the molecule is Cc1cc2cc(S(=O)(=O)n3cccc3)ccc2s1. The first-order valence-corrected chi connectivity index (χ1v) is 7.72.